The molecule has 1 fully saturated rings. The van der Waals surface area contributed by atoms with E-state index in [0.29, 0.717) is 5.57 Å². The highest BCUT2D eigenvalue weighted by Crippen LogP contribution is 2.56. The van der Waals surface area contributed by atoms with Crippen LogP contribution in [0.25, 0.3) is 5.57 Å². The summed E-state index contributed by atoms with van der Waals surface area (Å²) >= 11 is 0. The fourth-order valence-electron chi connectivity index (χ4n) is 3.82. The number of hydrogen-bond donors (Lipinski definition) is 2. The van der Waals surface area contributed by atoms with Gasteiger partial charge >= 0.3 is 12.3 Å². The number of carbonyl (C=O) groups is 1. The average Bonchev–Trinajstić information content (AvgIpc) is 2.62. The van der Waals surface area contributed by atoms with E-state index in [2.05, 4.69) is 0 Å². The van der Waals surface area contributed by atoms with Crippen LogP contribution in [0, 0.1) is 5.41 Å². The largest absolute Gasteiger partial charge is 0.465 e. The van der Waals surface area contributed by atoms with Crippen molar-refractivity contribution < 1.29 is 28.2 Å². The third kappa shape index (κ3) is 3.00. The Kier molecular flexibility index (Phi) is 4.60. The lowest BCUT2D eigenvalue weighted by Crippen LogP contribution is -2.60. The number of hydrogen-bond acceptors (Lipinski definition) is 2. The maximum Gasteiger partial charge on any atom is 0.407 e. The fraction of sp³-hybridized carbons (Fsp3) is 0.421. The first-order valence-electron chi connectivity index (χ1n) is 8.40. The number of alkyl halides is 3. The fourth-order valence-corrected chi connectivity index (χ4v) is 3.82. The zero-order valence-electron chi connectivity index (χ0n) is 14.0. The Hall–Kier alpha value is -2.28. The second-order valence-electron chi connectivity index (χ2n) is 6.83. The lowest BCUT2D eigenvalue weighted by Gasteiger charge is -2.50. The number of likely N-dealkylation sites (tertiary alicyclic amines) is 1. The first-order valence-corrected chi connectivity index (χ1v) is 8.40. The van der Waals surface area contributed by atoms with Crippen LogP contribution in [0.5, 0.6) is 0 Å². The molecule has 140 valence electrons. The van der Waals surface area contributed by atoms with Crippen molar-refractivity contribution in [3.63, 3.8) is 0 Å². The van der Waals surface area contributed by atoms with Gasteiger partial charge in [-0.3, -0.25) is 0 Å². The molecule has 1 aromatic carbocycles. The molecule has 7 heteroatoms. The molecular formula is C19H20F3NO3. The Morgan fingerprint density at radius 2 is 1.73 bits per heavy atom. The molecule has 1 aliphatic carbocycles. The van der Waals surface area contributed by atoms with Gasteiger partial charge in [0.1, 0.15) is 5.41 Å². The van der Waals surface area contributed by atoms with Crippen molar-refractivity contribution in [3.05, 3.63) is 54.1 Å². The molecule has 4 nitrogen and oxygen atoms in total. The number of piperidine rings is 1. The molecule has 3 rings (SSSR count). The summed E-state index contributed by atoms with van der Waals surface area (Å²) in [6.45, 7) is -0.237. The van der Waals surface area contributed by atoms with Crippen LogP contribution in [-0.2, 0) is 0 Å². The number of allylic oxidation sites excluding steroid dienone is 3. The predicted molar refractivity (Wildman–Crippen MR) is 90.4 cm³/mol. The molecule has 2 aliphatic rings. The van der Waals surface area contributed by atoms with E-state index >= 15 is 0 Å². The third-order valence-electron chi connectivity index (χ3n) is 5.50. The molecule has 1 heterocycles. The normalized spacial score (nSPS) is 25.7. The summed E-state index contributed by atoms with van der Waals surface area (Å²) in [6.07, 6.45) is -2.74. The minimum absolute atomic E-state index is 0.118. The summed E-state index contributed by atoms with van der Waals surface area (Å²) < 4.78 is 42.1. The van der Waals surface area contributed by atoms with Gasteiger partial charge < -0.3 is 15.1 Å². The molecule has 0 spiro atoms. The molecule has 2 N–H and O–H groups in total. The average molecular weight is 367 g/mol. The molecule has 1 unspecified atom stereocenters. The monoisotopic (exact) mass is 367 g/mol. The molecular weight excluding hydrogens is 347 g/mol. The number of nitrogens with zero attached hydrogens (tertiary/aromatic N) is 1. The van der Waals surface area contributed by atoms with E-state index < -0.39 is 23.3 Å². The molecule has 0 bridgehead atoms. The Morgan fingerprint density at radius 3 is 2.19 bits per heavy atom. The van der Waals surface area contributed by atoms with Crippen molar-refractivity contribution in [2.75, 3.05) is 13.1 Å². The highest BCUT2D eigenvalue weighted by molar-refractivity contribution is 5.75. The van der Waals surface area contributed by atoms with Crippen LogP contribution in [0.1, 0.15) is 24.8 Å². The Bertz CT molecular complexity index is 734. The first-order chi connectivity index (χ1) is 12.2. The van der Waals surface area contributed by atoms with Crippen molar-refractivity contribution in [2.45, 2.75) is 31.0 Å². The maximum absolute atomic E-state index is 14.0. The van der Waals surface area contributed by atoms with Crippen LogP contribution in [-0.4, -0.2) is 46.1 Å². The van der Waals surface area contributed by atoms with Crippen LogP contribution < -0.4 is 0 Å². The quantitative estimate of drug-likeness (QED) is 0.828. The van der Waals surface area contributed by atoms with Crippen molar-refractivity contribution in [1.29, 1.82) is 0 Å². The summed E-state index contributed by atoms with van der Waals surface area (Å²) in [5.74, 6) is 0. The highest BCUT2D eigenvalue weighted by atomic mass is 19.4. The minimum Gasteiger partial charge on any atom is -0.465 e. The van der Waals surface area contributed by atoms with E-state index in [1.165, 1.54) is 12.2 Å². The van der Waals surface area contributed by atoms with Crippen LogP contribution >= 0.6 is 0 Å². The van der Waals surface area contributed by atoms with Gasteiger partial charge in [-0.1, -0.05) is 48.6 Å². The molecule has 1 saturated heterocycles. The van der Waals surface area contributed by atoms with E-state index in [9.17, 15) is 23.1 Å². The number of rotatable bonds is 2. The van der Waals surface area contributed by atoms with Crippen LogP contribution in [0.3, 0.4) is 0 Å². The number of carboxylic acid groups (broad SMARTS) is 1. The zero-order chi connectivity index (χ0) is 19.0. The molecule has 0 saturated carbocycles. The Balaban J connectivity index is 1.90. The van der Waals surface area contributed by atoms with Gasteiger partial charge in [-0.05, 0) is 30.4 Å². The number of benzene rings is 1. The SMILES string of the molecule is O=C(O)N1CCC(O)(C2(C(F)(F)F)C=CC(c3ccccc3)=CC2)CC1. The van der Waals surface area contributed by atoms with Gasteiger partial charge in [0.05, 0.1) is 5.60 Å². The number of aliphatic hydroxyl groups is 1. The smallest absolute Gasteiger partial charge is 0.407 e. The second kappa shape index (κ2) is 6.46. The first kappa shape index (κ1) is 18.5. The summed E-state index contributed by atoms with van der Waals surface area (Å²) in [5.41, 5.74) is -2.96. The molecule has 0 radical (unpaired) electrons. The van der Waals surface area contributed by atoms with Crippen LogP contribution in [0.15, 0.2) is 48.6 Å². The summed E-state index contributed by atoms with van der Waals surface area (Å²) in [5, 5.41) is 19.9. The summed E-state index contributed by atoms with van der Waals surface area (Å²) in [6, 6.07) is 9.08. The van der Waals surface area contributed by atoms with Crippen LogP contribution in [0.2, 0.25) is 0 Å². The van der Waals surface area contributed by atoms with Gasteiger partial charge in [-0.2, -0.15) is 13.2 Å². The van der Waals surface area contributed by atoms with E-state index in [4.69, 9.17) is 5.11 Å². The lowest BCUT2D eigenvalue weighted by molar-refractivity contribution is -0.271. The van der Waals surface area contributed by atoms with Gasteiger partial charge in [0.15, 0.2) is 0 Å². The van der Waals surface area contributed by atoms with E-state index in [1.807, 2.05) is 30.3 Å². The zero-order valence-corrected chi connectivity index (χ0v) is 14.0. The van der Waals surface area contributed by atoms with E-state index in [0.717, 1.165) is 16.5 Å². The van der Waals surface area contributed by atoms with Gasteiger partial charge in [-0.15, -0.1) is 0 Å². The molecule has 1 amide bonds. The molecule has 26 heavy (non-hydrogen) atoms. The third-order valence-corrected chi connectivity index (χ3v) is 5.50. The molecule has 1 aromatic rings. The number of amides is 1. The topological polar surface area (TPSA) is 60.8 Å². The summed E-state index contributed by atoms with van der Waals surface area (Å²) in [4.78, 5) is 12.1. The van der Waals surface area contributed by atoms with Gasteiger partial charge in [0.25, 0.3) is 0 Å². The Morgan fingerprint density at radius 1 is 1.12 bits per heavy atom. The second-order valence-corrected chi connectivity index (χ2v) is 6.83. The highest BCUT2D eigenvalue weighted by Gasteiger charge is 2.65. The van der Waals surface area contributed by atoms with E-state index in [1.54, 1.807) is 0 Å². The molecule has 1 aliphatic heterocycles. The molecule has 1 atom stereocenters. The maximum atomic E-state index is 14.0. The standard InChI is InChI=1S/C19H20F3NO3/c20-19(21,22)17(18(26)10-12-23(13-11-18)16(24)25)8-6-15(7-9-17)14-4-2-1-3-5-14/h1-8,26H,9-13H2,(H,24,25). The minimum atomic E-state index is -4.65. The van der Waals surface area contributed by atoms with Crippen molar-refractivity contribution >= 4 is 11.7 Å². The lowest BCUT2D eigenvalue weighted by atomic mass is 9.62. The summed E-state index contributed by atoms with van der Waals surface area (Å²) in [7, 11) is 0. The van der Waals surface area contributed by atoms with Crippen molar-refractivity contribution in [3.8, 4) is 0 Å². The van der Waals surface area contributed by atoms with E-state index in [-0.39, 0.29) is 32.4 Å². The van der Waals surface area contributed by atoms with Crippen molar-refractivity contribution in [2.24, 2.45) is 5.41 Å². The van der Waals surface area contributed by atoms with Crippen molar-refractivity contribution in [1.82, 2.24) is 4.90 Å². The van der Waals surface area contributed by atoms with Gasteiger partial charge in [0.2, 0.25) is 0 Å². The van der Waals surface area contributed by atoms with Crippen LogP contribution in [0.4, 0.5) is 18.0 Å². The Labute approximate surface area is 149 Å². The number of halogens is 3. The molecule has 0 aromatic heterocycles. The van der Waals surface area contributed by atoms with Gasteiger partial charge in [-0.25, -0.2) is 4.79 Å². The predicted octanol–water partition coefficient (Wildman–Crippen LogP) is 4.08. The van der Waals surface area contributed by atoms with Gasteiger partial charge in [0, 0.05) is 13.1 Å².